The summed E-state index contributed by atoms with van der Waals surface area (Å²) >= 11 is 0. The highest BCUT2D eigenvalue weighted by atomic mass is 32.2. The van der Waals surface area contributed by atoms with Gasteiger partial charge in [0.1, 0.15) is 16.4 Å². The molecule has 20 heavy (non-hydrogen) atoms. The van der Waals surface area contributed by atoms with Crippen molar-refractivity contribution >= 4 is 10.0 Å². The van der Waals surface area contributed by atoms with E-state index >= 15 is 0 Å². The number of rotatable bonds is 7. The molecule has 0 aromatic carbocycles. The normalized spacial score (nSPS) is 17.9. The monoisotopic (exact) mass is 300 g/mol. The number of sulfonamides is 1. The molecule has 0 unspecified atom stereocenters. The first-order chi connectivity index (χ1) is 9.36. The summed E-state index contributed by atoms with van der Waals surface area (Å²) in [5.74, 6) is 1.11. The summed E-state index contributed by atoms with van der Waals surface area (Å²) in [4.78, 5) is 0.263. The molecule has 0 radical (unpaired) electrons. The molecule has 1 aliphatic carbocycles. The highest BCUT2D eigenvalue weighted by Crippen LogP contribution is 2.33. The van der Waals surface area contributed by atoms with Gasteiger partial charge < -0.3 is 9.73 Å². The van der Waals surface area contributed by atoms with Crippen LogP contribution in [0.25, 0.3) is 0 Å². The molecule has 1 aliphatic rings. The third-order valence-electron chi connectivity index (χ3n) is 3.78. The molecule has 0 aliphatic heterocycles. The van der Waals surface area contributed by atoms with Crippen molar-refractivity contribution in [2.45, 2.75) is 63.4 Å². The van der Waals surface area contributed by atoms with Crippen LogP contribution >= 0.6 is 0 Å². The van der Waals surface area contributed by atoms with Crippen molar-refractivity contribution in [3.8, 4) is 0 Å². The number of furan rings is 1. The second-order valence-electron chi connectivity index (χ2n) is 5.83. The first-order valence-corrected chi connectivity index (χ1v) is 8.69. The van der Waals surface area contributed by atoms with E-state index in [1.807, 2.05) is 6.92 Å². The van der Waals surface area contributed by atoms with Crippen molar-refractivity contribution < 1.29 is 12.8 Å². The van der Waals surface area contributed by atoms with Gasteiger partial charge >= 0.3 is 0 Å². The summed E-state index contributed by atoms with van der Waals surface area (Å²) in [5, 5.41) is 3.20. The van der Waals surface area contributed by atoms with E-state index in [1.165, 1.54) is 0 Å². The van der Waals surface area contributed by atoms with Gasteiger partial charge in [0.05, 0.1) is 6.54 Å². The zero-order chi connectivity index (χ0) is 14.8. The van der Waals surface area contributed by atoms with E-state index in [4.69, 9.17) is 4.42 Å². The highest BCUT2D eigenvalue weighted by molar-refractivity contribution is 7.89. The zero-order valence-corrected chi connectivity index (χ0v) is 13.3. The summed E-state index contributed by atoms with van der Waals surface area (Å²) < 4.78 is 33.2. The first-order valence-electron chi connectivity index (χ1n) is 7.20. The fraction of sp³-hybridized carbons (Fsp3) is 0.714. The van der Waals surface area contributed by atoms with Crippen LogP contribution in [0.1, 0.15) is 51.1 Å². The predicted molar refractivity (Wildman–Crippen MR) is 78.0 cm³/mol. The lowest BCUT2D eigenvalue weighted by Gasteiger charge is -2.38. The maximum atomic E-state index is 12.4. The highest BCUT2D eigenvalue weighted by Gasteiger charge is 2.37. The van der Waals surface area contributed by atoms with Gasteiger partial charge in [-0.15, -0.1) is 0 Å². The van der Waals surface area contributed by atoms with Gasteiger partial charge in [-0.1, -0.05) is 6.92 Å². The van der Waals surface area contributed by atoms with Crippen molar-refractivity contribution in [2.75, 3.05) is 6.54 Å². The minimum absolute atomic E-state index is 0.263. The van der Waals surface area contributed by atoms with E-state index in [1.54, 1.807) is 13.0 Å². The molecule has 5 nitrogen and oxygen atoms in total. The maximum absolute atomic E-state index is 12.4. The Hall–Kier alpha value is -0.850. The Balaban J connectivity index is 2.10. The van der Waals surface area contributed by atoms with Crippen molar-refractivity contribution in [3.05, 3.63) is 17.6 Å². The first kappa shape index (κ1) is 15.5. The van der Waals surface area contributed by atoms with Gasteiger partial charge in [-0.25, -0.2) is 13.1 Å². The lowest BCUT2D eigenvalue weighted by Crippen LogP contribution is -2.50. The van der Waals surface area contributed by atoms with Crippen LogP contribution < -0.4 is 10.0 Å². The molecule has 0 amide bonds. The molecule has 1 heterocycles. The lowest BCUT2D eigenvalue weighted by molar-refractivity contribution is 0.248. The van der Waals surface area contributed by atoms with Crippen LogP contribution in [-0.4, -0.2) is 20.5 Å². The van der Waals surface area contributed by atoms with Gasteiger partial charge in [-0.2, -0.15) is 0 Å². The number of aryl methyl sites for hydroxylation is 1. The van der Waals surface area contributed by atoms with E-state index in [9.17, 15) is 8.42 Å². The van der Waals surface area contributed by atoms with Crippen LogP contribution in [0.4, 0.5) is 0 Å². The van der Waals surface area contributed by atoms with E-state index < -0.39 is 10.0 Å². The largest absolute Gasteiger partial charge is 0.464 e. The van der Waals surface area contributed by atoms with Crippen molar-refractivity contribution in [1.29, 1.82) is 0 Å². The minimum atomic E-state index is -3.49. The smallest absolute Gasteiger partial charge is 0.244 e. The Bertz CT molecular complexity index is 559. The van der Waals surface area contributed by atoms with Crippen LogP contribution in [0, 0.1) is 6.92 Å². The van der Waals surface area contributed by atoms with Crippen molar-refractivity contribution in [1.82, 2.24) is 10.0 Å². The zero-order valence-electron chi connectivity index (χ0n) is 12.5. The molecule has 2 N–H and O–H groups in total. The molecule has 6 heteroatoms. The molecule has 0 atom stereocenters. The van der Waals surface area contributed by atoms with E-state index in [2.05, 4.69) is 17.0 Å². The summed E-state index contributed by atoms with van der Waals surface area (Å²) in [5.41, 5.74) is -0.289. The van der Waals surface area contributed by atoms with Crippen LogP contribution in [0.2, 0.25) is 0 Å². The molecular weight excluding hydrogens is 276 g/mol. The van der Waals surface area contributed by atoms with Crippen molar-refractivity contribution in [3.63, 3.8) is 0 Å². The fourth-order valence-corrected chi connectivity index (χ4v) is 4.12. The third kappa shape index (κ3) is 3.42. The fourth-order valence-electron chi connectivity index (χ4n) is 2.46. The quantitative estimate of drug-likeness (QED) is 0.758. The molecule has 1 aromatic heterocycles. The molecule has 1 fully saturated rings. The van der Waals surface area contributed by atoms with Gasteiger partial charge in [0.15, 0.2) is 0 Å². The van der Waals surface area contributed by atoms with Gasteiger partial charge in [0.25, 0.3) is 0 Å². The van der Waals surface area contributed by atoms with Crippen LogP contribution in [0.5, 0.6) is 0 Å². The number of nitrogens with one attached hydrogen (secondary N) is 2. The average molecular weight is 300 g/mol. The topological polar surface area (TPSA) is 71.3 Å². The Labute approximate surface area is 121 Å². The Kier molecular flexibility index (Phi) is 4.56. The average Bonchev–Trinajstić information content (AvgIpc) is 2.69. The van der Waals surface area contributed by atoms with Crippen LogP contribution in [0.15, 0.2) is 15.4 Å². The standard InChI is InChI=1S/C14H24N2O3S/c1-4-8-15-10-12-9-13(11(2)19-12)20(17,18)16-14(3)6-5-7-14/h9,15-16H,4-8,10H2,1-3H3. The summed E-state index contributed by atoms with van der Waals surface area (Å²) in [6, 6.07) is 1.63. The van der Waals surface area contributed by atoms with Gasteiger partial charge in [0, 0.05) is 11.6 Å². The molecule has 0 bridgehead atoms. The SMILES string of the molecule is CCCNCc1cc(S(=O)(=O)NC2(C)CCC2)c(C)o1. The molecule has 1 saturated carbocycles. The van der Waals surface area contributed by atoms with Crippen LogP contribution in [-0.2, 0) is 16.6 Å². The van der Waals surface area contributed by atoms with E-state index in [0.29, 0.717) is 18.1 Å². The van der Waals surface area contributed by atoms with Gasteiger partial charge in [-0.3, -0.25) is 0 Å². The number of hydrogen-bond acceptors (Lipinski definition) is 4. The summed E-state index contributed by atoms with van der Waals surface area (Å²) in [7, 11) is -3.49. The van der Waals surface area contributed by atoms with Crippen LogP contribution in [0.3, 0.4) is 0 Å². The minimum Gasteiger partial charge on any atom is -0.464 e. The molecule has 114 valence electrons. The van der Waals surface area contributed by atoms with Gasteiger partial charge in [-0.05, 0) is 46.1 Å². The lowest BCUT2D eigenvalue weighted by atomic mass is 9.80. The predicted octanol–water partition coefficient (Wildman–Crippen LogP) is 2.31. The Morgan fingerprint density at radius 3 is 2.65 bits per heavy atom. The summed E-state index contributed by atoms with van der Waals surface area (Å²) in [6.45, 7) is 7.17. The second kappa shape index (κ2) is 5.87. The third-order valence-corrected chi connectivity index (χ3v) is 5.52. The second-order valence-corrected chi connectivity index (χ2v) is 7.48. The molecule has 0 spiro atoms. The Morgan fingerprint density at radius 2 is 2.10 bits per heavy atom. The van der Waals surface area contributed by atoms with Crippen molar-refractivity contribution in [2.24, 2.45) is 0 Å². The van der Waals surface area contributed by atoms with E-state index in [-0.39, 0.29) is 10.4 Å². The maximum Gasteiger partial charge on any atom is 0.244 e. The number of hydrogen-bond donors (Lipinski definition) is 2. The molecule has 0 saturated heterocycles. The molecular formula is C14H24N2O3S. The molecule has 2 rings (SSSR count). The molecule has 1 aromatic rings. The Morgan fingerprint density at radius 1 is 1.40 bits per heavy atom. The summed E-state index contributed by atoms with van der Waals surface area (Å²) in [6.07, 6.45) is 3.91. The van der Waals surface area contributed by atoms with Gasteiger partial charge in [0.2, 0.25) is 10.0 Å². The van der Waals surface area contributed by atoms with E-state index in [0.717, 1.165) is 32.2 Å².